The van der Waals surface area contributed by atoms with Gasteiger partial charge in [-0.3, -0.25) is 0 Å². The van der Waals surface area contributed by atoms with E-state index in [1.165, 1.54) is 17.8 Å². The second-order valence-corrected chi connectivity index (χ2v) is 4.64. The molecule has 4 nitrogen and oxygen atoms in total. The number of carboxylic acid groups (broad SMARTS) is 1. The second-order valence-electron chi connectivity index (χ2n) is 4.64. The van der Waals surface area contributed by atoms with Crippen molar-refractivity contribution in [2.24, 2.45) is 0 Å². The van der Waals surface area contributed by atoms with Crippen LogP contribution < -0.4 is 5.32 Å². The molecule has 0 aliphatic rings. The number of carboxylic acids is 1. The molecule has 2 rings (SSSR count). The van der Waals surface area contributed by atoms with Crippen LogP contribution in [0.1, 0.15) is 35.8 Å². The molecular weight excluding hydrogens is 240 g/mol. The quantitative estimate of drug-likeness (QED) is 0.876. The molecule has 98 valence electrons. The van der Waals surface area contributed by atoms with Crippen molar-refractivity contribution in [3.63, 3.8) is 0 Å². The number of rotatable bonds is 4. The van der Waals surface area contributed by atoms with Crippen LogP contribution >= 0.6 is 0 Å². The summed E-state index contributed by atoms with van der Waals surface area (Å²) in [7, 11) is 0. The Morgan fingerprint density at radius 2 is 1.95 bits per heavy atom. The van der Waals surface area contributed by atoms with Gasteiger partial charge in [0, 0.05) is 17.6 Å². The molecule has 0 saturated heterocycles. The van der Waals surface area contributed by atoms with Crippen molar-refractivity contribution in [1.29, 1.82) is 0 Å². The van der Waals surface area contributed by atoms with E-state index in [4.69, 9.17) is 5.11 Å². The Kier molecular flexibility index (Phi) is 3.80. The Bertz CT molecular complexity index is 594. The largest absolute Gasteiger partial charge is 0.477 e. The number of pyridine rings is 1. The molecule has 0 atom stereocenters. The zero-order chi connectivity index (χ0) is 13.8. The third kappa shape index (κ3) is 3.31. The van der Waals surface area contributed by atoms with Crippen LogP contribution in [0.15, 0.2) is 42.6 Å². The minimum absolute atomic E-state index is 0.0324. The van der Waals surface area contributed by atoms with Gasteiger partial charge in [0.2, 0.25) is 0 Å². The molecule has 0 bridgehead atoms. The Hall–Kier alpha value is -2.36. The van der Waals surface area contributed by atoms with Crippen LogP contribution in [0.4, 0.5) is 11.4 Å². The fourth-order valence-electron chi connectivity index (χ4n) is 1.77. The number of hydrogen-bond donors (Lipinski definition) is 2. The second kappa shape index (κ2) is 5.52. The SMILES string of the molecule is CC(C)c1cccc(Nc2ccnc(C(=O)O)c2)c1. The van der Waals surface area contributed by atoms with Gasteiger partial charge in [-0.1, -0.05) is 26.0 Å². The summed E-state index contributed by atoms with van der Waals surface area (Å²) in [5, 5.41) is 12.1. The average Bonchev–Trinajstić information content (AvgIpc) is 2.39. The molecular formula is C15H16N2O2. The molecule has 0 saturated carbocycles. The first kappa shape index (κ1) is 13.1. The number of anilines is 2. The molecule has 0 fully saturated rings. The van der Waals surface area contributed by atoms with Crippen molar-refractivity contribution >= 4 is 17.3 Å². The summed E-state index contributed by atoms with van der Waals surface area (Å²) in [4.78, 5) is 14.6. The molecule has 0 aliphatic heterocycles. The zero-order valence-electron chi connectivity index (χ0n) is 10.9. The van der Waals surface area contributed by atoms with Crippen LogP contribution in [0.25, 0.3) is 0 Å². The molecule has 1 aromatic carbocycles. The van der Waals surface area contributed by atoms with Crippen LogP contribution in [0.3, 0.4) is 0 Å². The maximum Gasteiger partial charge on any atom is 0.354 e. The molecule has 4 heteroatoms. The molecule has 0 spiro atoms. The van der Waals surface area contributed by atoms with Crippen LogP contribution in [0, 0.1) is 0 Å². The Balaban J connectivity index is 2.23. The normalized spacial score (nSPS) is 10.5. The van der Waals surface area contributed by atoms with Gasteiger partial charge in [-0.25, -0.2) is 9.78 Å². The third-order valence-electron chi connectivity index (χ3n) is 2.82. The highest BCUT2D eigenvalue weighted by atomic mass is 16.4. The monoisotopic (exact) mass is 256 g/mol. The number of hydrogen-bond acceptors (Lipinski definition) is 3. The third-order valence-corrected chi connectivity index (χ3v) is 2.82. The van der Waals surface area contributed by atoms with E-state index in [9.17, 15) is 4.79 Å². The van der Waals surface area contributed by atoms with Gasteiger partial charge in [-0.2, -0.15) is 0 Å². The average molecular weight is 256 g/mol. The van der Waals surface area contributed by atoms with E-state index >= 15 is 0 Å². The van der Waals surface area contributed by atoms with Crippen molar-refractivity contribution in [2.75, 3.05) is 5.32 Å². The van der Waals surface area contributed by atoms with E-state index < -0.39 is 5.97 Å². The summed E-state index contributed by atoms with van der Waals surface area (Å²) in [6, 6.07) is 11.3. The van der Waals surface area contributed by atoms with E-state index in [1.807, 2.05) is 12.1 Å². The molecule has 2 N–H and O–H groups in total. The number of nitrogens with one attached hydrogen (secondary N) is 1. The lowest BCUT2D eigenvalue weighted by Crippen LogP contribution is -2.01. The van der Waals surface area contributed by atoms with E-state index in [-0.39, 0.29) is 5.69 Å². The molecule has 1 aromatic heterocycles. The van der Waals surface area contributed by atoms with E-state index in [2.05, 4.69) is 36.3 Å². The Labute approximate surface area is 112 Å². The first-order chi connectivity index (χ1) is 9.06. The maximum absolute atomic E-state index is 10.9. The predicted molar refractivity (Wildman–Crippen MR) is 75.0 cm³/mol. The van der Waals surface area contributed by atoms with Crippen molar-refractivity contribution in [2.45, 2.75) is 19.8 Å². The zero-order valence-corrected chi connectivity index (χ0v) is 10.9. The van der Waals surface area contributed by atoms with Crippen molar-refractivity contribution in [3.8, 4) is 0 Å². The van der Waals surface area contributed by atoms with E-state index in [1.54, 1.807) is 6.07 Å². The summed E-state index contributed by atoms with van der Waals surface area (Å²) in [6.07, 6.45) is 1.48. The number of carbonyl (C=O) groups is 1. The summed E-state index contributed by atoms with van der Waals surface area (Å²) in [5.74, 6) is -0.576. The minimum Gasteiger partial charge on any atom is -0.477 e. The lowest BCUT2D eigenvalue weighted by atomic mass is 10.0. The Morgan fingerprint density at radius 1 is 1.21 bits per heavy atom. The minimum atomic E-state index is -1.03. The molecule has 2 aromatic rings. The van der Waals surface area contributed by atoms with Gasteiger partial charge >= 0.3 is 5.97 Å². The lowest BCUT2D eigenvalue weighted by Gasteiger charge is -2.10. The van der Waals surface area contributed by atoms with E-state index in [0.29, 0.717) is 11.6 Å². The first-order valence-electron chi connectivity index (χ1n) is 6.12. The van der Waals surface area contributed by atoms with Crippen molar-refractivity contribution < 1.29 is 9.90 Å². The fraction of sp³-hybridized carbons (Fsp3) is 0.200. The predicted octanol–water partition coefficient (Wildman–Crippen LogP) is 3.65. The topological polar surface area (TPSA) is 62.2 Å². The summed E-state index contributed by atoms with van der Waals surface area (Å²) >= 11 is 0. The molecule has 0 amide bonds. The van der Waals surface area contributed by atoms with Gasteiger partial charge in [0.25, 0.3) is 0 Å². The van der Waals surface area contributed by atoms with Gasteiger partial charge in [-0.15, -0.1) is 0 Å². The lowest BCUT2D eigenvalue weighted by molar-refractivity contribution is 0.0690. The van der Waals surface area contributed by atoms with Crippen LogP contribution in [0.2, 0.25) is 0 Å². The van der Waals surface area contributed by atoms with Gasteiger partial charge in [0.1, 0.15) is 5.69 Å². The summed E-state index contributed by atoms with van der Waals surface area (Å²) < 4.78 is 0. The highest BCUT2D eigenvalue weighted by Gasteiger charge is 2.05. The van der Waals surface area contributed by atoms with E-state index in [0.717, 1.165) is 5.69 Å². The van der Waals surface area contributed by atoms with Gasteiger partial charge < -0.3 is 10.4 Å². The van der Waals surface area contributed by atoms with Gasteiger partial charge in [-0.05, 0) is 35.7 Å². The smallest absolute Gasteiger partial charge is 0.354 e. The standard InChI is InChI=1S/C15H16N2O2/c1-10(2)11-4-3-5-12(8-11)17-13-6-7-16-14(9-13)15(18)19/h3-10H,1-2H3,(H,16,17)(H,18,19). The first-order valence-corrected chi connectivity index (χ1v) is 6.12. The number of benzene rings is 1. The molecule has 1 heterocycles. The summed E-state index contributed by atoms with van der Waals surface area (Å²) in [6.45, 7) is 4.27. The highest BCUT2D eigenvalue weighted by Crippen LogP contribution is 2.21. The van der Waals surface area contributed by atoms with Gasteiger partial charge in [0.15, 0.2) is 0 Å². The van der Waals surface area contributed by atoms with Crippen molar-refractivity contribution in [1.82, 2.24) is 4.98 Å². The highest BCUT2D eigenvalue weighted by molar-refractivity contribution is 5.86. The molecule has 0 radical (unpaired) electrons. The Morgan fingerprint density at radius 3 is 2.63 bits per heavy atom. The fourth-order valence-corrected chi connectivity index (χ4v) is 1.77. The van der Waals surface area contributed by atoms with Crippen LogP contribution in [0.5, 0.6) is 0 Å². The molecule has 0 unspecified atom stereocenters. The van der Waals surface area contributed by atoms with Gasteiger partial charge in [0.05, 0.1) is 0 Å². The van der Waals surface area contributed by atoms with Crippen LogP contribution in [-0.2, 0) is 0 Å². The molecule has 0 aliphatic carbocycles. The molecule has 19 heavy (non-hydrogen) atoms. The number of aromatic nitrogens is 1. The summed E-state index contributed by atoms with van der Waals surface area (Å²) in [5.41, 5.74) is 2.92. The number of aromatic carboxylic acids is 1. The van der Waals surface area contributed by atoms with Crippen LogP contribution in [-0.4, -0.2) is 16.1 Å². The maximum atomic E-state index is 10.9. The van der Waals surface area contributed by atoms with Crippen molar-refractivity contribution in [3.05, 3.63) is 53.9 Å². The number of nitrogens with zero attached hydrogens (tertiary/aromatic N) is 1.